The number of carbonyl (C=O) groups is 4. The maximum atomic E-state index is 13.4. The molecule has 2 aliphatic heterocycles. The lowest BCUT2D eigenvalue weighted by Crippen LogP contribution is -2.48. The van der Waals surface area contributed by atoms with Crippen LogP contribution in [0.15, 0.2) is 48.5 Å². The largest absolute Gasteiger partial charge is 0.491 e. The molecule has 0 saturated carbocycles. The first-order valence-electron chi connectivity index (χ1n) is 14.8. The van der Waals surface area contributed by atoms with Crippen LogP contribution in [0.2, 0.25) is 0 Å². The van der Waals surface area contributed by atoms with Crippen molar-refractivity contribution in [3.05, 3.63) is 65.2 Å². The highest BCUT2D eigenvalue weighted by Gasteiger charge is 2.27. The van der Waals surface area contributed by atoms with E-state index in [9.17, 15) is 19.2 Å². The molecule has 0 bridgehead atoms. The summed E-state index contributed by atoms with van der Waals surface area (Å²) in [4.78, 5) is 56.0. The summed E-state index contributed by atoms with van der Waals surface area (Å²) in [6, 6.07) is 13.7. The average Bonchev–Trinajstić information content (AvgIpc) is 3.49. The molecule has 4 amide bonds. The Hall–Kier alpha value is -3.92. The molecule has 1 fully saturated rings. The predicted octanol–water partition coefficient (Wildman–Crippen LogP) is 2.47. The topological polar surface area (TPSA) is 120 Å². The van der Waals surface area contributed by atoms with Crippen molar-refractivity contribution in [2.24, 2.45) is 5.92 Å². The number of amides is 4. The lowest BCUT2D eigenvalue weighted by Gasteiger charge is -2.24. The summed E-state index contributed by atoms with van der Waals surface area (Å²) >= 11 is 0. The number of likely N-dealkylation sites (N-methyl/N-ethyl adjacent to an activating group) is 1. The van der Waals surface area contributed by atoms with E-state index >= 15 is 0 Å². The predicted molar refractivity (Wildman–Crippen MR) is 160 cm³/mol. The lowest BCUT2D eigenvalue weighted by atomic mass is 10.1. The average molecular weight is 578 g/mol. The first-order chi connectivity index (χ1) is 20.2. The van der Waals surface area contributed by atoms with Crippen molar-refractivity contribution in [1.82, 2.24) is 25.8 Å². The Labute approximate surface area is 248 Å². The van der Waals surface area contributed by atoms with Gasteiger partial charge in [0, 0.05) is 26.6 Å². The van der Waals surface area contributed by atoms with Gasteiger partial charge < -0.3 is 25.6 Å². The fourth-order valence-electron chi connectivity index (χ4n) is 5.15. The summed E-state index contributed by atoms with van der Waals surface area (Å²) in [5.74, 6) is -1.05. The summed E-state index contributed by atoms with van der Waals surface area (Å²) in [5, 5.41) is 8.67. The number of para-hydroxylation sites is 1. The van der Waals surface area contributed by atoms with E-state index < -0.39 is 11.9 Å². The quantitative estimate of drug-likeness (QED) is 0.485. The number of carbonyl (C=O) groups excluding carboxylic acids is 4. The highest BCUT2D eigenvalue weighted by molar-refractivity contribution is 5.99. The van der Waals surface area contributed by atoms with Crippen LogP contribution in [0.5, 0.6) is 5.75 Å². The minimum atomic E-state index is -0.959. The van der Waals surface area contributed by atoms with Crippen LogP contribution >= 0.6 is 0 Å². The van der Waals surface area contributed by atoms with Crippen LogP contribution in [0.1, 0.15) is 61.0 Å². The van der Waals surface area contributed by atoms with Crippen molar-refractivity contribution in [3.8, 4) is 5.75 Å². The SMILES string of the molecule is CC(C)[C@@H]1COc2ccccc2C(=O)N[C@H](C(=O)NCc2ccc(CN3CCCC3)cc2)CCC(=O)N(C)CC(=O)N1. The first-order valence-corrected chi connectivity index (χ1v) is 14.8. The Balaban J connectivity index is 1.46. The molecule has 2 aromatic rings. The third-order valence-electron chi connectivity index (χ3n) is 7.87. The number of nitrogens with zero attached hydrogens (tertiary/aromatic N) is 2. The lowest BCUT2D eigenvalue weighted by molar-refractivity contribution is -0.135. The van der Waals surface area contributed by atoms with E-state index in [0.717, 1.165) is 25.2 Å². The second kappa shape index (κ2) is 14.8. The van der Waals surface area contributed by atoms with E-state index in [1.54, 1.807) is 31.3 Å². The molecule has 226 valence electrons. The Kier molecular flexibility index (Phi) is 10.9. The first kappa shape index (κ1) is 31.0. The smallest absolute Gasteiger partial charge is 0.255 e. The molecule has 4 rings (SSSR count). The highest BCUT2D eigenvalue weighted by atomic mass is 16.5. The zero-order chi connectivity index (χ0) is 30.1. The van der Waals surface area contributed by atoms with Gasteiger partial charge in [-0.05, 0) is 61.5 Å². The number of likely N-dealkylation sites (tertiary alicyclic amines) is 1. The molecule has 2 atom stereocenters. The molecule has 0 radical (unpaired) electrons. The molecule has 2 aliphatic rings. The standard InChI is InChI=1S/C32H43N5O5/c1-22(2)27-21-42-28-9-5-4-8-25(28)31(40)35-26(14-15-30(39)36(3)20-29(38)34-27)32(41)33-18-23-10-12-24(13-11-23)19-37-16-6-7-17-37/h4-5,8-13,22,26-27H,6-7,14-21H2,1-3H3,(H,33,41)(H,34,38)(H,35,40)/t26-,27-/m0/s1. The van der Waals surface area contributed by atoms with Crippen LogP contribution in [0, 0.1) is 5.92 Å². The Morgan fingerprint density at radius 2 is 1.69 bits per heavy atom. The van der Waals surface area contributed by atoms with Gasteiger partial charge in [0.1, 0.15) is 18.4 Å². The maximum absolute atomic E-state index is 13.4. The fourth-order valence-corrected chi connectivity index (χ4v) is 5.15. The second-order valence-electron chi connectivity index (χ2n) is 11.6. The normalized spacial score (nSPS) is 21.0. The number of benzene rings is 2. The summed E-state index contributed by atoms with van der Waals surface area (Å²) in [6.45, 7) is 7.43. The highest BCUT2D eigenvalue weighted by Crippen LogP contribution is 2.20. The van der Waals surface area contributed by atoms with Gasteiger partial charge in [-0.2, -0.15) is 0 Å². The summed E-state index contributed by atoms with van der Waals surface area (Å²) in [6.07, 6.45) is 2.56. The van der Waals surface area contributed by atoms with E-state index in [2.05, 4.69) is 33.0 Å². The van der Waals surface area contributed by atoms with Gasteiger partial charge in [0.05, 0.1) is 18.2 Å². The summed E-state index contributed by atoms with van der Waals surface area (Å²) < 4.78 is 6.00. The Morgan fingerprint density at radius 3 is 2.40 bits per heavy atom. The molecule has 3 N–H and O–H groups in total. The van der Waals surface area contributed by atoms with Crippen LogP contribution in [-0.4, -0.2) is 78.8 Å². The van der Waals surface area contributed by atoms with Gasteiger partial charge in [-0.15, -0.1) is 0 Å². The van der Waals surface area contributed by atoms with Crippen molar-refractivity contribution >= 4 is 23.6 Å². The molecule has 10 heteroatoms. The van der Waals surface area contributed by atoms with Gasteiger partial charge >= 0.3 is 0 Å². The van der Waals surface area contributed by atoms with E-state index in [-0.39, 0.29) is 61.2 Å². The molecule has 0 aliphatic carbocycles. The fraction of sp³-hybridized carbons (Fsp3) is 0.500. The van der Waals surface area contributed by atoms with Crippen LogP contribution in [0.25, 0.3) is 0 Å². The molecule has 0 unspecified atom stereocenters. The molecular weight excluding hydrogens is 534 g/mol. The third kappa shape index (κ3) is 8.79. The summed E-state index contributed by atoms with van der Waals surface area (Å²) in [7, 11) is 1.55. The van der Waals surface area contributed by atoms with Crippen LogP contribution in [0.3, 0.4) is 0 Å². The molecule has 42 heavy (non-hydrogen) atoms. The van der Waals surface area contributed by atoms with E-state index in [4.69, 9.17) is 4.74 Å². The van der Waals surface area contributed by atoms with Crippen molar-refractivity contribution in [2.75, 3.05) is 33.3 Å². The monoisotopic (exact) mass is 577 g/mol. The number of ether oxygens (including phenoxy) is 1. The minimum absolute atomic E-state index is 0.0148. The van der Waals surface area contributed by atoms with Crippen molar-refractivity contribution in [2.45, 2.75) is 64.7 Å². The number of nitrogens with one attached hydrogen (secondary N) is 3. The molecule has 2 heterocycles. The molecule has 0 spiro atoms. The molecule has 2 aromatic carbocycles. The van der Waals surface area contributed by atoms with E-state index in [0.29, 0.717) is 12.3 Å². The molecule has 0 aromatic heterocycles. The van der Waals surface area contributed by atoms with Gasteiger partial charge in [0.25, 0.3) is 5.91 Å². The van der Waals surface area contributed by atoms with Gasteiger partial charge in [0.2, 0.25) is 17.7 Å². The summed E-state index contributed by atoms with van der Waals surface area (Å²) in [5.41, 5.74) is 2.45. The van der Waals surface area contributed by atoms with Gasteiger partial charge in [-0.1, -0.05) is 50.2 Å². The van der Waals surface area contributed by atoms with Crippen molar-refractivity contribution in [3.63, 3.8) is 0 Å². The number of hydrogen-bond donors (Lipinski definition) is 3. The van der Waals surface area contributed by atoms with Crippen molar-refractivity contribution < 1.29 is 23.9 Å². The van der Waals surface area contributed by atoms with Crippen LogP contribution in [-0.2, 0) is 27.5 Å². The molecule has 10 nitrogen and oxygen atoms in total. The number of fused-ring (bicyclic) bond motifs is 1. The third-order valence-corrected chi connectivity index (χ3v) is 7.87. The van der Waals surface area contributed by atoms with Crippen molar-refractivity contribution in [1.29, 1.82) is 0 Å². The number of hydrogen-bond acceptors (Lipinski definition) is 6. The Bertz CT molecular complexity index is 1240. The van der Waals surface area contributed by atoms with Gasteiger partial charge in [0.15, 0.2) is 0 Å². The van der Waals surface area contributed by atoms with E-state index in [1.807, 2.05) is 26.0 Å². The molecular formula is C32H43N5O5. The second-order valence-corrected chi connectivity index (χ2v) is 11.6. The maximum Gasteiger partial charge on any atom is 0.255 e. The molecule has 1 saturated heterocycles. The number of rotatable bonds is 6. The zero-order valence-corrected chi connectivity index (χ0v) is 24.9. The van der Waals surface area contributed by atoms with Gasteiger partial charge in [-0.25, -0.2) is 0 Å². The van der Waals surface area contributed by atoms with Crippen LogP contribution in [0.4, 0.5) is 0 Å². The zero-order valence-electron chi connectivity index (χ0n) is 24.9. The minimum Gasteiger partial charge on any atom is -0.491 e. The van der Waals surface area contributed by atoms with Crippen LogP contribution < -0.4 is 20.7 Å². The van der Waals surface area contributed by atoms with E-state index in [1.165, 1.54) is 23.3 Å². The Morgan fingerprint density at radius 1 is 1.00 bits per heavy atom. The van der Waals surface area contributed by atoms with Gasteiger partial charge in [-0.3, -0.25) is 24.1 Å².